The van der Waals surface area contributed by atoms with Gasteiger partial charge in [-0.1, -0.05) is 0 Å². The number of rotatable bonds is 5. The third kappa shape index (κ3) is 4.07. The molecule has 12 heteroatoms. The van der Waals surface area contributed by atoms with Gasteiger partial charge < -0.3 is 15.0 Å². The second-order valence-corrected chi connectivity index (χ2v) is 6.11. The number of halogens is 6. The first-order valence-electron chi connectivity index (χ1n) is 8.16. The molecular formula is C18H12F6N4O2. The average Bonchev–Trinajstić information content (AvgIpc) is 3.00. The van der Waals surface area contributed by atoms with Gasteiger partial charge in [-0.2, -0.15) is 13.2 Å². The lowest BCUT2D eigenvalue weighted by Gasteiger charge is -2.14. The molecule has 1 aromatic heterocycles. The highest BCUT2D eigenvalue weighted by atomic mass is 19.4. The molecule has 0 radical (unpaired) electrons. The van der Waals surface area contributed by atoms with Crippen molar-refractivity contribution >= 4 is 5.91 Å². The molecular weight excluding hydrogens is 418 g/mol. The van der Waals surface area contributed by atoms with Crippen LogP contribution in [-0.4, -0.2) is 20.7 Å². The summed E-state index contributed by atoms with van der Waals surface area (Å²) in [5.74, 6) is -5.95. The van der Waals surface area contributed by atoms with E-state index < -0.39 is 53.0 Å². The van der Waals surface area contributed by atoms with E-state index in [2.05, 4.69) is 10.2 Å². The first-order valence-corrected chi connectivity index (χ1v) is 8.16. The van der Waals surface area contributed by atoms with E-state index in [0.29, 0.717) is 18.2 Å². The molecule has 0 aliphatic heterocycles. The summed E-state index contributed by atoms with van der Waals surface area (Å²) in [6.07, 6.45) is -4.83. The fourth-order valence-corrected chi connectivity index (χ4v) is 2.65. The highest BCUT2D eigenvalue weighted by Crippen LogP contribution is 2.37. The van der Waals surface area contributed by atoms with Crippen LogP contribution >= 0.6 is 0 Å². The predicted octanol–water partition coefficient (Wildman–Crippen LogP) is 3.60. The van der Waals surface area contributed by atoms with Gasteiger partial charge in [0.1, 0.15) is 12.4 Å². The van der Waals surface area contributed by atoms with Gasteiger partial charge in [-0.05, 0) is 18.2 Å². The molecule has 2 aromatic carbocycles. The van der Waals surface area contributed by atoms with Crippen LogP contribution in [0.2, 0.25) is 0 Å². The number of ether oxygens (including phenoxy) is 1. The SMILES string of the molecule is Cn1c(COc2c(F)cc(F)cc2F)nnc1-c1ccc(C(N)=O)cc1C(F)(F)F. The van der Waals surface area contributed by atoms with Crippen LogP contribution in [0, 0.1) is 17.5 Å². The van der Waals surface area contributed by atoms with Gasteiger partial charge in [0.05, 0.1) is 5.56 Å². The standard InChI is InChI=1S/C18H12F6N4O2/c1-28-14(7-30-15-12(20)5-9(19)6-13(15)21)26-27-17(28)10-3-2-8(16(25)29)4-11(10)18(22,23)24/h2-6H,7H2,1H3,(H2,25,29). The van der Waals surface area contributed by atoms with E-state index >= 15 is 0 Å². The van der Waals surface area contributed by atoms with Crippen molar-refractivity contribution in [2.45, 2.75) is 12.8 Å². The summed E-state index contributed by atoms with van der Waals surface area (Å²) in [6.45, 7) is -0.566. The van der Waals surface area contributed by atoms with Crippen molar-refractivity contribution in [2.24, 2.45) is 12.8 Å². The summed E-state index contributed by atoms with van der Waals surface area (Å²) in [4.78, 5) is 11.2. The summed E-state index contributed by atoms with van der Waals surface area (Å²) in [6, 6.07) is 3.52. The maximum Gasteiger partial charge on any atom is 0.417 e. The third-order valence-corrected chi connectivity index (χ3v) is 4.12. The molecule has 1 amide bonds. The number of aromatic nitrogens is 3. The molecule has 30 heavy (non-hydrogen) atoms. The molecule has 0 aliphatic rings. The van der Waals surface area contributed by atoms with Gasteiger partial charge in [0.15, 0.2) is 29.0 Å². The number of alkyl halides is 3. The monoisotopic (exact) mass is 430 g/mol. The summed E-state index contributed by atoms with van der Waals surface area (Å²) in [5.41, 5.74) is 3.12. The highest BCUT2D eigenvalue weighted by Gasteiger charge is 2.35. The molecule has 0 unspecified atom stereocenters. The fraction of sp³-hybridized carbons (Fsp3) is 0.167. The van der Waals surface area contributed by atoms with Crippen molar-refractivity contribution in [1.82, 2.24) is 14.8 Å². The molecule has 0 saturated carbocycles. The van der Waals surface area contributed by atoms with E-state index in [1.165, 1.54) is 7.05 Å². The molecule has 1 heterocycles. The van der Waals surface area contributed by atoms with Crippen molar-refractivity contribution in [1.29, 1.82) is 0 Å². The van der Waals surface area contributed by atoms with E-state index in [0.717, 1.165) is 16.7 Å². The Morgan fingerprint density at radius 3 is 2.30 bits per heavy atom. The molecule has 2 N–H and O–H groups in total. The van der Waals surface area contributed by atoms with Crippen LogP contribution in [-0.2, 0) is 19.8 Å². The van der Waals surface area contributed by atoms with Gasteiger partial charge in [-0.3, -0.25) is 4.79 Å². The first-order chi connectivity index (χ1) is 14.0. The van der Waals surface area contributed by atoms with Crippen molar-refractivity contribution in [3.63, 3.8) is 0 Å². The highest BCUT2D eigenvalue weighted by molar-refractivity contribution is 5.93. The number of hydrogen-bond donors (Lipinski definition) is 1. The molecule has 3 rings (SSSR count). The lowest BCUT2D eigenvalue weighted by molar-refractivity contribution is -0.137. The number of primary amides is 1. The van der Waals surface area contributed by atoms with Crippen molar-refractivity contribution in [3.8, 4) is 17.1 Å². The number of amides is 1. The van der Waals surface area contributed by atoms with Crippen LogP contribution in [0.3, 0.4) is 0 Å². The summed E-state index contributed by atoms with van der Waals surface area (Å²) < 4.78 is 86.7. The number of carbonyl (C=O) groups is 1. The van der Waals surface area contributed by atoms with E-state index in [4.69, 9.17) is 10.5 Å². The Morgan fingerprint density at radius 2 is 1.73 bits per heavy atom. The molecule has 158 valence electrons. The molecule has 0 atom stereocenters. The summed E-state index contributed by atoms with van der Waals surface area (Å²) in [7, 11) is 1.31. The Morgan fingerprint density at radius 1 is 1.10 bits per heavy atom. The molecule has 0 aliphatic carbocycles. The van der Waals surface area contributed by atoms with Crippen LogP contribution in [0.5, 0.6) is 5.75 Å². The molecule has 0 bridgehead atoms. The van der Waals surface area contributed by atoms with Gasteiger partial charge in [-0.15, -0.1) is 10.2 Å². The number of nitrogens with zero attached hydrogens (tertiary/aromatic N) is 3. The average molecular weight is 430 g/mol. The Kier molecular flexibility index (Phi) is 5.42. The summed E-state index contributed by atoms with van der Waals surface area (Å²) in [5, 5.41) is 7.35. The Bertz CT molecular complexity index is 1100. The summed E-state index contributed by atoms with van der Waals surface area (Å²) >= 11 is 0. The zero-order valence-electron chi connectivity index (χ0n) is 15.1. The number of benzene rings is 2. The van der Waals surface area contributed by atoms with Crippen molar-refractivity contribution in [2.75, 3.05) is 0 Å². The van der Waals surface area contributed by atoms with Crippen LogP contribution in [0.4, 0.5) is 26.3 Å². The van der Waals surface area contributed by atoms with Crippen molar-refractivity contribution in [3.05, 3.63) is 64.7 Å². The van der Waals surface area contributed by atoms with E-state index in [9.17, 15) is 31.1 Å². The second-order valence-electron chi connectivity index (χ2n) is 6.11. The molecule has 0 spiro atoms. The van der Waals surface area contributed by atoms with E-state index in [-0.39, 0.29) is 17.2 Å². The minimum absolute atomic E-state index is 0.0692. The van der Waals surface area contributed by atoms with E-state index in [1.54, 1.807) is 0 Å². The third-order valence-electron chi connectivity index (χ3n) is 4.12. The molecule has 0 saturated heterocycles. The van der Waals surface area contributed by atoms with Gasteiger partial charge in [-0.25, -0.2) is 13.2 Å². The predicted molar refractivity (Wildman–Crippen MR) is 90.6 cm³/mol. The van der Waals surface area contributed by atoms with Crippen LogP contribution in [0.1, 0.15) is 21.7 Å². The van der Waals surface area contributed by atoms with Crippen LogP contribution in [0.25, 0.3) is 11.4 Å². The zero-order valence-corrected chi connectivity index (χ0v) is 15.1. The maximum absolute atomic E-state index is 13.7. The number of carbonyl (C=O) groups excluding carboxylic acids is 1. The van der Waals surface area contributed by atoms with Gasteiger partial charge in [0.25, 0.3) is 0 Å². The minimum atomic E-state index is -4.83. The number of hydrogen-bond acceptors (Lipinski definition) is 4. The number of nitrogens with two attached hydrogens (primary N) is 1. The van der Waals surface area contributed by atoms with Crippen LogP contribution < -0.4 is 10.5 Å². The maximum atomic E-state index is 13.7. The van der Waals surface area contributed by atoms with Crippen LogP contribution in [0.15, 0.2) is 30.3 Å². The first kappa shape index (κ1) is 21.1. The fourth-order valence-electron chi connectivity index (χ4n) is 2.65. The van der Waals surface area contributed by atoms with Gasteiger partial charge in [0.2, 0.25) is 5.91 Å². The Labute approximate surface area is 164 Å². The lowest BCUT2D eigenvalue weighted by Crippen LogP contribution is -2.15. The Hall–Kier alpha value is -3.57. The molecule has 0 fully saturated rings. The lowest BCUT2D eigenvalue weighted by atomic mass is 10.0. The quantitative estimate of drug-likeness (QED) is 0.628. The largest absolute Gasteiger partial charge is 0.479 e. The normalized spacial score (nSPS) is 11.6. The van der Waals surface area contributed by atoms with E-state index in [1.807, 2.05) is 0 Å². The smallest absolute Gasteiger partial charge is 0.417 e. The minimum Gasteiger partial charge on any atom is -0.479 e. The second kappa shape index (κ2) is 7.69. The topological polar surface area (TPSA) is 83.0 Å². The van der Waals surface area contributed by atoms with Gasteiger partial charge >= 0.3 is 6.18 Å². The van der Waals surface area contributed by atoms with Gasteiger partial charge in [0, 0.05) is 30.3 Å². The molecule has 6 nitrogen and oxygen atoms in total. The van der Waals surface area contributed by atoms with Crippen molar-refractivity contribution < 1.29 is 35.9 Å². The Balaban J connectivity index is 1.95. The molecule has 3 aromatic rings. The zero-order chi connectivity index (χ0) is 22.2.